The SMILES string of the molecule is [B]CCCNc1ccccc1. The van der Waals surface area contributed by atoms with Crippen molar-refractivity contribution in [3.8, 4) is 0 Å². The first-order valence-corrected chi connectivity index (χ1v) is 3.92. The molecule has 1 rings (SSSR count). The Labute approximate surface area is 69.2 Å². The van der Waals surface area contributed by atoms with Crippen LogP contribution in [0.2, 0.25) is 6.32 Å². The van der Waals surface area contributed by atoms with Gasteiger partial charge >= 0.3 is 0 Å². The highest BCUT2D eigenvalue weighted by Crippen LogP contribution is 2.04. The van der Waals surface area contributed by atoms with E-state index in [0.29, 0.717) is 0 Å². The van der Waals surface area contributed by atoms with E-state index < -0.39 is 0 Å². The molecule has 1 nitrogen and oxygen atoms in total. The minimum absolute atomic E-state index is 0.750. The molecule has 2 radical (unpaired) electrons. The molecule has 1 aromatic rings. The quantitative estimate of drug-likeness (QED) is 0.505. The molecule has 0 saturated heterocycles. The second-order valence-corrected chi connectivity index (χ2v) is 2.44. The van der Waals surface area contributed by atoms with Crippen molar-refractivity contribution >= 4 is 13.5 Å². The largest absolute Gasteiger partial charge is 0.385 e. The van der Waals surface area contributed by atoms with E-state index in [1.165, 1.54) is 5.69 Å². The second kappa shape index (κ2) is 4.83. The standard InChI is InChI=1S/C9H12BN/c10-7-4-8-11-9-5-2-1-3-6-9/h1-3,5-6,11H,4,7-8H2. The molecule has 1 aromatic carbocycles. The van der Waals surface area contributed by atoms with Crippen LogP contribution >= 0.6 is 0 Å². The maximum atomic E-state index is 5.35. The normalized spacial score (nSPS) is 9.45. The second-order valence-electron chi connectivity index (χ2n) is 2.44. The molecule has 2 heteroatoms. The van der Waals surface area contributed by atoms with Crippen molar-refractivity contribution in [1.29, 1.82) is 0 Å². The van der Waals surface area contributed by atoms with Crippen LogP contribution in [0.15, 0.2) is 30.3 Å². The predicted octanol–water partition coefficient (Wildman–Crippen LogP) is 2.08. The number of hydrogen-bond acceptors (Lipinski definition) is 1. The molecule has 11 heavy (non-hydrogen) atoms. The summed E-state index contributed by atoms with van der Waals surface area (Å²) >= 11 is 0. The van der Waals surface area contributed by atoms with Gasteiger partial charge in [-0.05, 0) is 18.6 Å². The van der Waals surface area contributed by atoms with Crippen molar-refractivity contribution < 1.29 is 0 Å². The smallest absolute Gasteiger partial charge is 0.0653 e. The minimum atomic E-state index is 0.750. The number of para-hydroxylation sites is 1. The zero-order valence-corrected chi connectivity index (χ0v) is 6.59. The Balaban J connectivity index is 2.28. The average molecular weight is 145 g/mol. The summed E-state index contributed by atoms with van der Waals surface area (Å²) in [6.07, 6.45) is 1.77. The van der Waals surface area contributed by atoms with Crippen LogP contribution in [0.4, 0.5) is 5.69 Å². The van der Waals surface area contributed by atoms with Crippen molar-refractivity contribution in [2.24, 2.45) is 0 Å². The molecule has 0 fully saturated rings. The summed E-state index contributed by atoms with van der Waals surface area (Å²) in [4.78, 5) is 0. The summed E-state index contributed by atoms with van der Waals surface area (Å²) in [6.45, 7) is 0.959. The molecule has 0 aliphatic heterocycles. The molecule has 0 spiro atoms. The lowest BCUT2D eigenvalue weighted by atomic mass is 10.0. The lowest BCUT2D eigenvalue weighted by Gasteiger charge is -2.03. The molecule has 0 aliphatic rings. The first-order chi connectivity index (χ1) is 5.43. The fourth-order valence-corrected chi connectivity index (χ4v) is 0.891. The van der Waals surface area contributed by atoms with Gasteiger partial charge in [-0.15, -0.1) is 0 Å². The Morgan fingerprint density at radius 3 is 2.55 bits per heavy atom. The van der Waals surface area contributed by atoms with Gasteiger partial charge in [0.05, 0.1) is 7.85 Å². The van der Waals surface area contributed by atoms with E-state index in [4.69, 9.17) is 7.85 Å². The van der Waals surface area contributed by atoms with Gasteiger partial charge in [-0.3, -0.25) is 0 Å². The van der Waals surface area contributed by atoms with Crippen molar-refractivity contribution in [3.63, 3.8) is 0 Å². The first-order valence-electron chi connectivity index (χ1n) is 3.92. The van der Waals surface area contributed by atoms with E-state index >= 15 is 0 Å². The van der Waals surface area contributed by atoms with Crippen LogP contribution in [0.25, 0.3) is 0 Å². The van der Waals surface area contributed by atoms with Gasteiger partial charge in [-0.2, -0.15) is 0 Å². The zero-order valence-electron chi connectivity index (χ0n) is 6.59. The molecule has 0 bridgehead atoms. The molecule has 0 amide bonds. The number of hydrogen-bond donors (Lipinski definition) is 1. The number of nitrogens with one attached hydrogen (secondary N) is 1. The summed E-state index contributed by atoms with van der Waals surface area (Å²) in [6, 6.07) is 10.1. The van der Waals surface area contributed by atoms with Crippen LogP contribution in [0, 0.1) is 0 Å². The topological polar surface area (TPSA) is 12.0 Å². The van der Waals surface area contributed by atoms with Gasteiger partial charge < -0.3 is 5.32 Å². The van der Waals surface area contributed by atoms with E-state index in [9.17, 15) is 0 Å². The monoisotopic (exact) mass is 145 g/mol. The summed E-state index contributed by atoms with van der Waals surface area (Å²) < 4.78 is 0. The maximum absolute atomic E-state index is 5.35. The Hall–Kier alpha value is -0.915. The molecule has 0 atom stereocenters. The molecule has 0 unspecified atom stereocenters. The third-order valence-corrected chi connectivity index (χ3v) is 1.48. The summed E-state index contributed by atoms with van der Waals surface area (Å²) in [5, 5.41) is 3.27. The fraction of sp³-hybridized carbons (Fsp3) is 0.333. The molecular weight excluding hydrogens is 133 g/mol. The van der Waals surface area contributed by atoms with Crippen LogP contribution in [0.5, 0.6) is 0 Å². The number of rotatable bonds is 4. The molecule has 0 aromatic heterocycles. The van der Waals surface area contributed by atoms with Crippen molar-refractivity contribution in [2.45, 2.75) is 12.7 Å². The van der Waals surface area contributed by atoms with Crippen molar-refractivity contribution in [3.05, 3.63) is 30.3 Å². The van der Waals surface area contributed by atoms with E-state index in [1.807, 2.05) is 18.2 Å². The molecule has 0 saturated carbocycles. The van der Waals surface area contributed by atoms with Gasteiger partial charge in [-0.1, -0.05) is 24.5 Å². The molecular formula is C9H12BN. The highest BCUT2D eigenvalue weighted by molar-refractivity contribution is 6.08. The van der Waals surface area contributed by atoms with Crippen molar-refractivity contribution in [1.82, 2.24) is 0 Å². The molecule has 0 aliphatic carbocycles. The van der Waals surface area contributed by atoms with Crippen LogP contribution in [0.3, 0.4) is 0 Å². The van der Waals surface area contributed by atoms with E-state index in [-0.39, 0.29) is 0 Å². The van der Waals surface area contributed by atoms with E-state index in [1.54, 1.807) is 0 Å². The van der Waals surface area contributed by atoms with Gasteiger partial charge in [0.1, 0.15) is 0 Å². The highest BCUT2D eigenvalue weighted by Gasteiger charge is 1.86. The van der Waals surface area contributed by atoms with Gasteiger partial charge in [0.2, 0.25) is 0 Å². The highest BCUT2D eigenvalue weighted by atomic mass is 14.9. The predicted molar refractivity (Wildman–Crippen MR) is 50.1 cm³/mol. The molecule has 1 N–H and O–H groups in total. The third-order valence-electron chi connectivity index (χ3n) is 1.48. The van der Waals surface area contributed by atoms with Crippen LogP contribution in [-0.2, 0) is 0 Å². The van der Waals surface area contributed by atoms with Gasteiger partial charge in [-0.25, -0.2) is 0 Å². The lowest BCUT2D eigenvalue weighted by molar-refractivity contribution is 0.976. The van der Waals surface area contributed by atoms with Gasteiger partial charge in [0, 0.05) is 12.2 Å². The first kappa shape index (κ1) is 8.18. The summed E-state index contributed by atoms with van der Waals surface area (Å²) in [5.41, 5.74) is 1.17. The molecule has 0 heterocycles. The zero-order chi connectivity index (χ0) is 7.94. The van der Waals surface area contributed by atoms with Crippen LogP contribution in [-0.4, -0.2) is 14.4 Å². The summed E-state index contributed by atoms with van der Waals surface area (Å²) in [7, 11) is 5.35. The van der Waals surface area contributed by atoms with Crippen LogP contribution < -0.4 is 5.32 Å². The Kier molecular flexibility index (Phi) is 3.60. The minimum Gasteiger partial charge on any atom is -0.385 e. The molecule has 56 valence electrons. The van der Waals surface area contributed by atoms with E-state index in [2.05, 4.69) is 17.4 Å². The third kappa shape index (κ3) is 3.12. The van der Waals surface area contributed by atoms with Crippen molar-refractivity contribution in [2.75, 3.05) is 11.9 Å². The lowest BCUT2D eigenvalue weighted by Crippen LogP contribution is -2.00. The fourth-order valence-electron chi connectivity index (χ4n) is 0.891. The average Bonchev–Trinajstić information content (AvgIpc) is 2.07. The Bertz CT molecular complexity index is 186. The van der Waals surface area contributed by atoms with Gasteiger partial charge in [0.25, 0.3) is 0 Å². The Morgan fingerprint density at radius 1 is 1.18 bits per heavy atom. The van der Waals surface area contributed by atoms with E-state index in [0.717, 1.165) is 19.3 Å². The summed E-state index contributed by atoms with van der Waals surface area (Å²) in [5.74, 6) is 0. The maximum Gasteiger partial charge on any atom is 0.0653 e. The van der Waals surface area contributed by atoms with Crippen LogP contribution in [0.1, 0.15) is 6.42 Å². The van der Waals surface area contributed by atoms with Gasteiger partial charge in [0.15, 0.2) is 0 Å². The number of benzene rings is 1. The Morgan fingerprint density at radius 2 is 1.91 bits per heavy atom. The number of anilines is 1.